The molecule has 0 spiro atoms. The van der Waals surface area contributed by atoms with Crippen molar-refractivity contribution in [3.05, 3.63) is 64.9 Å². The number of benzene rings is 1. The van der Waals surface area contributed by atoms with Crippen molar-refractivity contribution in [2.45, 2.75) is 25.0 Å². The molecule has 0 radical (unpaired) electrons. The summed E-state index contributed by atoms with van der Waals surface area (Å²) in [7, 11) is 0. The van der Waals surface area contributed by atoms with Gasteiger partial charge < -0.3 is 10.1 Å². The smallest absolute Gasteiger partial charge is 0.125 e. The molecule has 0 amide bonds. The van der Waals surface area contributed by atoms with Crippen LogP contribution < -0.4 is 5.32 Å². The minimum Gasteiger partial charge on any atom is -0.364 e. The summed E-state index contributed by atoms with van der Waals surface area (Å²) in [6.07, 6.45) is 4.03. The molecule has 1 N–H and O–H groups in total. The van der Waals surface area contributed by atoms with E-state index < -0.39 is 0 Å². The summed E-state index contributed by atoms with van der Waals surface area (Å²) in [5.74, 6) is 0. The molecule has 0 aliphatic carbocycles. The van der Waals surface area contributed by atoms with Gasteiger partial charge in [0.25, 0.3) is 0 Å². The molecule has 0 bridgehead atoms. The maximum atomic E-state index is 6.36. The number of rotatable bonds is 4. The van der Waals surface area contributed by atoms with Crippen LogP contribution in [0.3, 0.4) is 0 Å². The van der Waals surface area contributed by atoms with Crippen LogP contribution in [0.15, 0.2) is 48.7 Å². The fourth-order valence-electron chi connectivity index (χ4n) is 2.61. The highest BCUT2D eigenvalue weighted by Gasteiger charge is 2.22. The first-order valence-electron chi connectivity index (χ1n) is 7.35. The predicted molar refractivity (Wildman–Crippen MR) is 95.6 cm³/mol. The highest BCUT2D eigenvalue weighted by molar-refractivity contribution is 6.92. The molecule has 1 saturated heterocycles. The van der Waals surface area contributed by atoms with Crippen LogP contribution in [-0.4, -0.2) is 24.2 Å². The zero-order chi connectivity index (χ0) is 14.5. The summed E-state index contributed by atoms with van der Waals surface area (Å²) in [4.78, 5) is 4.47. The normalized spacial score (nSPS) is 16.8. The van der Waals surface area contributed by atoms with E-state index in [4.69, 9.17) is 16.3 Å². The minimum atomic E-state index is -0.133. The topological polar surface area (TPSA) is 34.1 Å². The SMILES string of the molecule is Clc1ccc([C@H](OC2CCNCC2)c2ccccn2)cc1.P. The molecule has 118 valence electrons. The summed E-state index contributed by atoms with van der Waals surface area (Å²) in [5, 5.41) is 4.10. The number of pyridine rings is 1. The van der Waals surface area contributed by atoms with Crippen LogP contribution >= 0.6 is 21.5 Å². The molecular formula is C17H22ClN2OP. The first-order valence-corrected chi connectivity index (χ1v) is 7.73. The summed E-state index contributed by atoms with van der Waals surface area (Å²) >= 11 is 5.99. The lowest BCUT2D eigenvalue weighted by Crippen LogP contribution is -2.33. The van der Waals surface area contributed by atoms with Gasteiger partial charge in [0.05, 0.1) is 11.8 Å². The van der Waals surface area contributed by atoms with E-state index in [2.05, 4.69) is 10.3 Å². The Morgan fingerprint density at radius 3 is 2.45 bits per heavy atom. The average Bonchev–Trinajstić information content (AvgIpc) is 2.55. The van der Waals surface area contributed by atoms with E-state index in [1.165, 1.54) is 0 Å². The fraction of sp³-hybridized carbons (Fsp3) is 0.353. The second-order valence-corrected chi connectivity index (χ2v) is 5.71. The first-order chi connectivity index (χ1) is 10.3. The second-order valence-electron chi connectivity index (χ2n) is 5.27. The Morgan fingerprint density at radius 1 is 1.09 bits per heavy atom. The van der Waals surface area contributed by atoms with Gasteiger partial charge in [0.1, 0.15) is 6.10 Å². The Labute approximate surface area is 140 Å². The zero-order valence-electron chi connectivity index (χ0n) is 12.5. The second kappa shape index (κ2) is 8.59. The Bertz CT molecular complexity index is 559. The molecule has 2 atom stereocenters. The van der Waals surface area contributed by atoms with E-state index in [9.17, 15) is 0 Å². The van der Waals surface area contributed by atoms with Crippen LogP contribution in [0.2, 0.25) is 5.02 Å². The van der Waals surface area contributed by atoms with Crippen molar-refractivity contribution in [3.8, 4) is 0 Å². The molecule has 3 rings (SSSR count). The molecule has 1 unspecified atom stereocenters. The lowest BCUT2D eigenvalue weighted by molar-refractivity contribution is -0.00991. The van der Waals surface area contributed by atoms with E-state index in [0.29, 0.717) is 0 Å². The fourth-order valence-corrected chi connectivity index (χ4v) is 2.74. The van der Waals surface area contributed by atoms with E-state index in [1.807, 2.05) is 48.7 Å². The third kappa shape index (κ3) is 4.50. The molecule has 1 aliphatic rings. The lowest BCUT2D eigenvalue weighted by Gasteiger charge is -2.28. The Hall–Kier alpha value is -0.990. The van der Waals surface area contributed by atoms with Crippen LogP contribution in [0.1, 0.15) is 30.2 Å². The highest BCUT2D eigenvalue weighted by atomic mass is 35.5. The van der Waals surface area contributed by atoms with Crippen molar-refractivity contribution in [2.75, 3.05) is 13.1 Å². The van der Waals surface area contributed by atoms with E-state index in [-0.39, 0.29) is 22.1 Å². The number of hydrogen-bond acceptors (Lipinski definition) is 3. The van der Waals surface area contributed by atoms with Gasteiger partial charge >= 0.3 is 0 Å². The molecule has 5 heteroatoms. The molecule has 22 heavy (non-hydrogen) atoms. The minimum absolute atomic E-state index is 0. The van der Waals surface area contributed by atoms with Gasteiger partial charge in [-0.25, -0.2) is 0 Å². The summed E-state index contributed by atoms with van der Waals surface area (Å²) < 4.78 is 6.36. The van der Waals surface area contributed by atoms with E-state index in [1.54, 1.807) is 0 Å². The van der Waals surface area contributed by atoms with Gasteiger partial charge in [-0.2, -0.15) is 9.90 Å². The van der Waals surface area contributed by atoms with Crippen LogP contribution in [0.5, 0.6) is 0 Å². The predicted octanol–water partition coefficient (Wildman–Crippen LogP) is 3.65. The Morgan fingerprint density at radius 2 is 1.82 bits per heavy atom. The van der Waals surface area contributed by atoms with Gasteiger partial charge in [-0.05, 0) is 55.8 Å². The van der Waals surface area contributed by atoms with Gasteiger partial charge in [-0.3, -0.25) is 4.98 Å². The van der Waals surface area contributed by atoms with Gasteiger partial charge in [-0.15, -0.1) is 0 Å². The molecule has 1 aromatic heterocycles. The largest absolute Gasteiger partial charge is 0.364 e. The number of hydrogen-bond donors (Lipinski definition) is 1. The third-order valence-electron chi connectivity index (χ3n) is 3.74. The quantitative estimate of drug-likeness (QED) is 0.865. The van der Waals surface area contributed by atoms with Crippen molar-refractivity contribution in [1.29, 1.82) is 0 Å². The van der Waals surface area contributed by atoms with Gasteiger partial charge in [0, 0.05) is 11.2 Å². The number of nitrogens with one attached hydrogen (secondary N) is 1. The zero-order valence-corrected chi connectivity index (χ0v) is 14.7. The van der Waals surface area contributed by atoms with E-state index >= 15 is 0 Å². The molecule has 3 nitrogen and oxygen atoms in total. The maximum absolute atomic E-state index is 6.36. The van der Waals surface area contributed by atoms with Crippen LogP contribution in [0.4, 0.5) is 0 Å². The van der Waals surface area contributed by atoms with Crippen molar-refractivity contribution in [1.82, 2.24) is 10.3 Å². The molecule has 1 fully saturated rings. The van der Waals surface area contributed by atoms with Gasteiger partial charge in [-0.1, -0.05) is 29.8 Å². The number of ether oxygens (including phenoxy) is 1. The highest BCUT2D eigenvalue weighted by Crippen LogP contribution is 2.28. The van der Waals surface area contributed by atoms with Crippen LogP contribution in [0, 0.1) is 0 Å². The molecular weight excluding hydrogens is 315 g/mol. The average molecular weight is 337 g/mol. The standard InChI is InChI=1S/C17H19ClN2O.H3P/c18-14-6-4-13(5-7-14)17(16-3-1-2-10-20-16)21-15-8-11-19-12-9-15;/h1-7,10,15,17,19H,8-9,11-12H2;1H3/t17-;/m0./s1. The molecule has 2 heterocycles. The Balaban J connectivity index is 0.00000176. The summed E-state index contributed by atoms with van der Waals surface area (Å²) in [5.41, 5.74) is 2.04. The molecule has 1 aliphatic heterocycles. The monoisotopic (exact) mass is 336 g/mol. The number of piperidine rings is 1. The summed E-state index contributed by atoms with van der Waals surface area (Å²) in [6.45, 7) is 2.03. The van der Waals surface area contributed by atoms with Crippen molar-refractivity contribution >= 4 is 21.5 Å². The first kappa shape index (κ1) is 17.4. The molecule has 0 saturated carbocycles. The molecule has 1 aromatic carbocycles. The van der Waals surface area contributed by atoms with Crippen molar-refractivity contribution < 1.29 is 4.74 Å². The maximum Gasteiger partial charge on any atom is 0.125 e. The number of nitrogens with zero attached hydrogens (tertiary/aromatic N) is 1. The third-order valence-corrected chi connectivity index (χ3v) is 4.00. The molecule has 2 aromatic rings. The lowest BCUT2D eigenvalue weighted by atomic mass is 10.0. The van der Waals surface area contributed by atoms with Crippen molar-refractivity contribution in [2.24, 2.45) is 0 Å². The number of halogens is 1. The summed E-state index contributed by atoms with van der Waals surface area (Å²) in [6, 6.07) is 13.8. The van der Waals surface area contributed by atoms with Gasteiger partial charge in [0.2, 0.25) is 0 Å². The van der Waals surface area contributed by atoms with Gasteiger partial charge in [0.15, 0.2) is 0 Å². The van der Waals surface area contributed by atoms with E-state index in [0.717, 1.165) is 42.2 Å². The Kier molecular flexibility index (Phi) is 6.78. The number of aromatic nitrogens is 1. The van der Waals surface area contributed by atoms with Crippen LogP contribution in [0.25, 0.3) is 0 Å². The van der Waals surface area contributed by atoms with Crippen molar-refractivity contribution in [3.63, 3.8) is 0 Å². The van der Waals surface area contributed by atoms with Crippen LogP contribution in [-0.2, 0) is 4.74 Å².